The van der Waals surface area contributed by atoms with E-state index in [2.05, 4.69) is 37.4 Å². The van der Waals surface area contributed by atoms with Gasteiger partial charge in [-0.15, -0.1) is 0 Å². The fourth-order valence-corrected chi connectivity index (χ4v) is 8.50. The van der Waals surface area contributed by atoms with Crippen molar-refractivity contribution < 1.29 is 25.3 Å². The van der Waals surface area contributed by atoms with Crippen molar-refractivity contribution in [1.82, 2.24) is 29.8 Å². The van der Waals surface area contributed by atoms with Gasteiger partial charge in [0, 0.05) is 63.6 Å². The topological polar surface area (TPSA) is 117 Å². The average Bonchev–Trinajstić information content (AvgIpc) is 3.37. The van der Waals surface area contributed by atoms with E-state index in [1.54, 1.807) is 40.2 Å². The minimum atomic E-state index is -0.882. The lowest BCUT2D eigenvalue weighted by molar-refractivity contribution is -0.157. The third kappa shape index (κ3) is 6.92. The summed E-state index contributed by atoms with van der Waals surface area (Å²) in [5.74, 6) is -1.15. The maximum atomic E-state index is 14.3. The molecular formula is C40H52N6O5. The minimum absolute atomic E-state index is 0. The van der Waals surface area contributed by atoms with Crippen LogP contribution >= 0.6 is 0 Å². The quantitative estimate of drug-likeness (QED) is 0.318. The van der Waals surface area contributed by atoms with E-state index in [-0.39, 0.29) is 61.6 Å². The smallest absolute Gasteiger partial charge is 0.257 e. The zero-order valence-corrected chi connectivity index (χ0v) is 29.9. The lowest BCUT2D eigenvalue weighted by Gasteiger charge is -2.56. The van der Waals surface area contributed by atoms with Gasteiger partial charge in [0.05, 0.1) is 37.4 Å². The van der Waals surface area contributed by atoms with Gasteiger partial charge < -0.3 is 24.8 Å². The molecule has 2 spiro atoms. The van der Waals surface area contributed by atoms with Gasteiger partial charge >= 0.3 is 0 Å². The van der Waals surface area contributed by atoms with E-state index in [4.69, 9.17) is 4.74 Å². The highest BCUT2D eigenvalue weighted by Gasteiger charge is 2.62. The molecule has 272 valence electrons. The van der Waals surface area contributed by atoms with E-state index in [0.29, 0.717) is 44.8 Å². The molecule has 3 atom stereocenters. The maximum Gasteiger partial charge on any atom is 0.257 e. The number of carbonyl (C=O) groups excluding carboxylic acids is 4. The Kier molecular flexibility index (Phi) is 9.28. The van der Waals surface area contributed by atoms with Crippen LogP contribution in [0.3, 0.4) is 0 Å². The van der Waals surface area contributed by atoms with Crippen LogP contribution in [-0.4, -0.2) is 107 Å². The molecule has 11 nitrogen and oxygen atoms in total. The van der Waals surface area contributed by atoms with E-state index in [0.717, 1.165) is 30.4 Å². The zero-order valence-electron chi connectivity index (χ0n) is 29.9. The van der Waals surface area contributed by atoms with Crippen LogP contribution in [0.1, 0.15) is 56.9 Å². The number of benzene rings is 1. The highest BCUT2D eigenvalue weighted by Crippen LogP contribution is 2.55. The lowest BCUT2D eigenvalue weighted by atomic mass is 9.63. The maximum absolute atomic E-state index is 14.3. The number of aromatic nitrogens is 2. The van der Waals surface area contributed by atoms with Gasteiger partial charge in [-0.2, -0.15) is 5.10 Å². The van der Waals surface area contributed by atoms with Crippen LogP contribution in [0.25, 0.3) is 0 Å². The standard InChI is InChI=1S/C40H50N6O5.H2/c1-5-11-28(6-2)21-51-22-33(37(50)44-23-39(24-44)14-10-15-39)42-34(47)32-20-43(25-40(32)26-45(27-40)36(49)31-16-38(31,3)4)35(48)30-17-41-46(19-30)18-29-12-8-7-9-13-29;/h5-9,11-13,17,19,31-33H,1-2,10,14-16,18,20-27H2,3-4H3,(H,42,47);1H/b28-11+;/t31-,32?,33+;/m1./s1. The van der Waals surface area contributed by atoms with Crippen molar-refractivity contribution in [2.24, 2.45) is 28.1 Å². The molecule has 2 aromatic rings. The van der Waals surface area contributed by atoms with Gasteiger partial charge in [0.2, 0.25) is 17.7 Å². The van der Waals surface area contributed by atoms with Crippen LogP contribution in [0, 0.1) is 28.1 Å². The summed E-state index contributed by atoms with van der Waals surface area (Å²) in [7, 11) is 0. The van der Waals surface area contributed by atoms with E-state index in [9.17, 15) is 19.2 Å². The number of hydrogen-bond acceptors (Lipinski definition) is 6. The van der Waals surface area contributed by atoms with Gasteiger partial charge in [-0.05, 0) is 35.8 Å². The van der Waals surface area contributed by atoms with Crippen molar-refractivity contribution in [3.05, 3.63) is 90.8 Å². The molecule has 5 aliphatic rings. The number of rotatable bonds is 13. The summed E-state index contributed by atoms with van der Waals surface area (Å²) < 4.78 is 7.71. The van der Waals surface area contributed by atoms with Crippen molar-refractivity contribution in [2.75, 3.05) is 52.5 Å². The van der Waals surface area contributed by atoms with Crippen molar-refractivity contribution in [1.29, 1.82) is 0 Å². The van der Waals surface area contributed by atoms with Crippen LogP contribution in [0.4, 0.5) is 0 Å². The van der Waals surface area contributed by atoms with Gasteiger partial charge in [0.15, 0.2) is 0 Å². The molecule has 2 saturated carbocycles. The fraction of sp³-hybridized carbons (Fsp3) is 0.525. The van der Waals surface area contributed by atoms with Gasteiger partial charge in [-0.25, -0.2) is 0 Å². The molecule has 4 heterocycles. The Balaban J connectivity index is 0.00000464. The molecule has 7 rings (SSSR count). The normalized spacial score (nSPS) is 24.3. The van der Waals surface area contributed by atoms with Crippen LogP contribution in [-0.2, 0) is 25.7 Å². The first-order valence-corrected chi connectivity index (χ1v) is 18.2. The summed E-state index contributed by atoms with van der Waals surface area (Å²) in [5, 5.41) is 7.50. The number of nitrogens with zero attached hydrogens (tertiary/aromatic N) is 5. The SMILES string of the molecule is C=C/C=C(\C=C)COC[C@H](NC(=O)C1CN(C(=O)c2cnn(Cc3ccccc3)c2)CC12CN(C(=O)[C@H]1CC1(C)C)C2)C(=O)N1CC2(CCC2)C1.[HH]. The first kappa shape index (κ1) is 34.9. The molecule has 0 radical (unpaired) electrons. The Bertz CT molecular complexity index is 1730. The predicted octanol–water partition coefficient (Wildman–Crippen LogP) is 3.94. The Labute approximate surface area is 301 Å². The summed E-state index contributed by atoms with van der Waals surface area (Å²) in [5.41, 5.74) is 1.94. The molecule has 11 heteroatoms. The number of amides is 4. The summed E-state index contributed by atoms with van der Waals surface area (Å²) in [4.78, 5) is 60.9. The summed E-state index contributed by atoms with van der Waals surface area (Å²) >= 11 is 0. The van der Waals surface area contributed by atoms with E-state index < -0.39 is 17.4 Å². The van der Waals surface area contributed by atoms with Crippen molar-refractivity contribution >= 4 is 23.6 Å². The highest BCUT2D eigenvalue weighted by atomic mass is 16.5. The summed E-state index contributed by atoms with van der Waals surface area (Å²) in [6.07, 6.45) is 12.8. The molecule has 5 fully saturated rings. The summed E-state index contributed by atoms with van der Waals surface area (Å²) in [6, 6.07) is 9.03. The number of carbonyl (C=O) groups is 4. The van der Waals surface area contributed by atoms with Crippen molar-refractivity contribution in [2.45, 2.75) is 52.1 Å². The molecule has 4 amide bonds. The molecule has 0 bridgehead atoms. The van der Waals surface area contributed by atoms with Gasteiger partial charge in [0.25, 0.3) is 5.91 Å². The molecule has 3 aliphatic heterocycles. The number of ether oxygens (including phenoxy) is 1. The van der Waals surface area contributed by atoms with Crippen LogP contribution in [0.15, 0.2) is 79.7 Å². The van der Waals surface area contributed by atoms with Crippen LogP contribution < -0.4 is 5.32 Å². The molecular weight excluding hydrogens is 644 g/mol. The Hall–Kier alpha value is -4.51. The Morgan fingerprint density at radius 3 is 2.35 bits per heavy atom. The molecule has 2 aliphatic carbocycles. The van der Waals surface area contributed by atoms with E-state index >= 15 is 0 Å². The lowest BCUT2D eigenvalue weighted by Crippen LogP contribution is -2.67. The number of hydrogen-bond donors (Lipinski definition) is 1. The second kappa shape index (κ2) is 13.6. The fourth-order valence-electron chi connectivity index (χ4n) is 8.50. The first-order chi connectivity index (χ1) is 24.4. The van der Waals surface area contributed by atoms with E-state index in [1.807, 2.05) is 40.1 Å². The van der Waals surface area contributed by atoms with Crippen molar-refractivity contribution in [3.8, 4) is 0 Å². The van der Waals surface area contributed by atoms with Gasteiger partial charge in [-0.1, -0.05) is 82.0 Å². The molecule has 1 aromatic heterocycles. The zero-order chi connectivity index (χ0) is 36.0. The Morgan fingerprint density at radius 1 is 1.02 bits per heavy atom. The predicted molar refractivity (Wildman–Crippen MR) is 194 cm³/mol. The first-order valence-electron chi connectivity index (χ1n) is 18.2. The second-order valence-corrected chi connectivity index (χ2v) is 16.3. The van der Waals surface area contributed by atoms with Gasteiger partial charge in [0.1, 0.15) is 6.04 Å². The Morgan fingerprint density at radius 2 is 1.73 bits per heavy atom. The van der Waals surface area contributed by atoms with E-state index in [1.165, 1.54) is 6.42 Å². The monoisotopic (exact) mass is 696 g/mol. The molecule has 51 heavy (non-hydrogen) atoms. The molecule has 1 unspecified atom stereocenters. The second-order valence-electron chi connectivity index (χ2n) is 16.3. The third-order valence-corrected chi connectivity index (χ3v) is 12.0. The van der Waals surface area contributed by atoms with Crippen LogP contribution in [0.5, 0.6) is 0 Å². The largest absolute Gasteiger partial charge is 0.374 e. The number of likely N-dealkylation sites (tertiary alicyclic amines) is 3. The third-order valence-electron chi connectivity index (χ3n) is 12.0. The van der Waals surface area contributed by atoms with Gasteiger partial charge in [-0.3, -0.25) is 23.9 Å². The molecule has 1 N–H and O–H groups in total. The average molecular weight is 697 g/mol. The molecule has 1 aromatic carbocycles. The van der Waals surface area contributed by atoms with Crippen molar-refractivity contribution in [3.63, 3.8) is 0 Å². The van der Waals surface area contributed by atoms with Crippen LogP contribution in [0.2, 0.25) is 0 Å². The number of allylic oxidation sites excluding steroid dienone is 2. The molecule has 3 saturated heterocycles. The summed E-state index contributed by atoms with van der Waals surface area (Å²) in [6.45, 7) is 15.2. The number of nitrogens with one attached hydrogen (secondary N) is 1. The minimum Gasteiger partial charge on any atom is -0.374 e. The highest BCUT2D eigenvalue weighted by molar-refractivity contribution is 5.96.